The van der Waals surface area contributed by atoms with E-state index in [0.717, 1.165) is 30.8 Å². The molecule has 1 fully saturated rings. The minimum atomic E-state index is -0.869. The molecule has 3 rings (SSSR count). The third kappa shape index (κ3) is 2.21. The summed E-state index contributed by atoms with van der Waals surface area (Å²) in [5, 5.41) is 3.34. The number of aromatic nitrogens is 1. The van der Waals surface area contributed by atoms with Crippen LogP contribution in [0, 0.1) is 5.92 Å². The van der Waals surface area contributed by atoms with Crippen LogP contribution in [0.3, 0.4) is 0 Å². The van der Waals surface area contributed by atoms with Gasteiger partial charge in [-0.1, -0.05) is 36.4 Å². The van der Waals surface area contributed by atoms with Crippen molar-refractivity contribution in [3.05, 3.63) is 66.0 Å². The predicted octanol–water partition coefficient (Wildman–Crippen LogP) is 1.46. The van der Waals surface area contributed by atoms with E-state index in [-0.39, 0.29) is 11.8 Å². The van der Waals surface area contributed by atoms with Crippen LogP contribution >= 0.6 is 0 Å². The number of rotatable bonds is 4. The lowest BCUT2D eigenvalue weighted by Gasteiger charge is -2.36. The molecule has 1 aromatic carbocycles. The molecule has 4 nitrogen and oxygen atoms in total. The third-order valence-electron chi connectivity index (χ3n) is 4.36. The van der Waals surface area contributed by atoms with Gasteiger partial charge in [-0.15, -0.1) is 0 Å². The smallest absolute Gasteiger partial charge is 0.234 e. The predicted molar refractivity (Wildman–Crippen MR) is 81.6 cm³/mol. The normalized spacial score (nSPS) is 20.9. The molecule has 4 heteroatoms. The molecule has 1 saturated heterocycles. The first-order valence-electron chi connectivity index (χ1n) is 7.24. The highest BCUT2D eigenvalue weighted by molar-refractivity contribution is 5.90. The molecule has 1 unspecified atom stereocenters. The molecular weight excluding hydrogens is 262 g/mol. The van der Waals surface area contributed by atoms with Crippen molar-refractivity contribution in [2.24, 2.45) is 11.7 Å². The van der Waals surface area contributed by atoms with Gasteiger partial charge >= 0.3 is 0 Å². The second-order valence-corrected chi connectivity index (χ2v) is 5.44. The van der Waals surface area contributed by atoms with Crippen molar-refractivity contribution in [3.8, 4) is 0 Å². The fourth-order valence-corrected chi connectivity index (χ4v) is 3.38. The minimum Gasteiger partial charge on any atom is -0.369 e. The highest BCUT2D eigenvalue weighted by atomic mass is 16.1. The van der Waals surface area contributed by atoms with Gasteiger partial charge in [0.2, 0.25) is 5.91 Å². The van der Waals surface area contributed by atoms with E-state index >= 15 is 0 Å². The number of carbonyl (C=O) groups is 1. The summed E-state index contributed by atoms with van der Waals surface area (Å²) in [6, 6.07) is 15.4. The summed E-state index contributed by atoms with van der Waals surface area (Å²) in [7, 11) is 0. The van der Waals surface area contributed by atoms with Gasteiger partial charge in [-0.25, -0.2) is 0 Å². The fourth-order valence-electron chi connectivity index (χ4n) is 3.38. The first kappa shape index (κ1) is 13.8. The molecule has 0 radical (unpaired) electrons. The van der Waals surface area contributed by atoms with E-state index in [1.807, 2.05) is 48.5 Å². The maximum Gasteiger partial charge on any atom is 0.234 e. The zero-order chi connectivity index (χ0) is 14.7. The van der Waals surface area contributed by atoms with Crippen molar-refractivity contribution >= 4 is 5.91 Å². The Labute approximate surface area is 124 Å². The Bertz CT molecular complexity index is 567. The van der Waals surface area contributed by atoms with E-state index in [0.29, 0.717) is 0 Å². The Kier molecular flexibility index (Phi) is 3.71. The number of nitrogens with zero attached hydrogens (tertiary/aromatic N) is 1. The lowest BCUT2D eigenvalue weighted by Crippen LogP contribution is -2.49. The number of hydrogen-bond donors (Lipinski definition) is 2. The second kappa shape index (κ2) is 5.66. The largest absolute Gasteiger partial charge is 0.369 e. The van der Waals surface area contributed by atoms with Gasteiger partial charge in [0.05, 0.1) is 5.69 Å². The number of primary amides is 1. The lowest BCUT2D eigenvalue weighted by molar-refractivity contribution is -0.123. The number of benzene rings is 1. The zero-order valence-corrected chi connectivity index (χ0v) is 11.8. The molecule has 0 spiro atoms. The van der Waals surface area contributed by atoms with E-state index in [2.05, 4.69) is 10.3 Å². The summed E-state index contributed by atoms with van der Waals surface area (Å²) in [6.07, 6.45) is 2.63. The van der Waals surface area contributed by atoms with Crippen molar-refractivity contribution in [1.82, 2.24) is 10.3 Å². The van der Waals surface area contributed by atoms with Crippen LogP contribution in [0.1, 0.15) is 17.7 Å². The maximum absolute atomic E-state index is 12.6. The summed E-state index contributed by atoms with van der Waals surface area (Å²) in [5.41, 5.74) is 6.69. The van der Waals surface area contributed by atoms with Gasteiger partial charge in [0.25, 0.3) is 0 Å². The SMILES string of the molecule is NC(=O)[C@@](c1ccccc1)(c1ccccn1)C1CCNC1. The molecule has 2 atom stereocenters. The van der Waals surface area contributed by atoms with Crippen molar-refractivity contribution in [1.29, 1.82) is 0 Å². The van der Waals surface area contributed by atoms with Crippen molar-refractivity contribution in [3.63, 3.8) is 0 Å². The number of pyridine rings is 1. The fraction of sp³-hybridized carbons (Fsp3) is 0.294. The van der Waals surface area contributed by atoms with Crippen LogP contribution in [0.25, 0.3) is 0 Å². The van der Waals surface area contributed by atoms with Crippen LogP contribution < -0.4 is 11.1 Å². The number of hydrogen-bond acceptors (Lipinski definition) is 3. The summed E-state index contributed by atoms with van der Waals surface area (Å²) in [4.78, 5) is 17.0. The van der Waals surface area contributed by atoms with Crippen LogP contribution in [-0.4, -0.2) is 24.0 Å². The monoisotopic (exact) mass is 281 g/mol. The summed E-state index contributed by atoms with van der Waals surface area (Å²) >= 11 is 0. The first-order valence-corrected chi connectivity index (χ1v) is 7.24. The van der Waals surface area contributed by atoms with E-state index < -0.39 is 5.41 Å². The van der Waals surface area contributed by atoms with Gasteiger partial charge in [0.15, 0.2) is 0 Å². The van der Waals surface area contributed by atoms with E-state index in [1.165, 1.54) is 0 Å². The molecule has 0 saturated carbocycles. The van der Waals surface area contributed by atoms with Gasteiger partial charge in [-0.3, -0.25) is 9.78 Å². The van der Waals surface area contributed by atoms with Crippen molar-refractivity contribution < 1.29 is 4.79 Å². The topological polar surface area (TPSA) is 68.0 Å². The summed E-state index contributed by atoms with van der Waals surface area (Å²) in [5.74, 6) is -0.214. The molecule has 0 aliphatic carbocycles. The average Bonchev–Trinajstić information content (AvgIpc) is 3.04. The molecular formula is C17H19N3O. The molecule has 2 aromatic rings. The lowest BCUT2D eigenvalue weighted by atomic mass is 9.66. The van der Waals surface area contributed by atoms with Crippen molar-refractivity contribution in [2.45, 2.75) is 11.8 Å². The second-order valence-electron chi connectivity index (χ2n) is 5.44. The molecule has 108 valence electrons. The van der Waals surface area contributed by atoms with Gasteiger partial charge < -0.3 is 11.1 Å². The Balaban J connectivity index is 2.24. The molecule has 1 aromatic heterocycles. The first-order chi connectivity index (χ1) is 10.3. The molecule has 2 heterocycles. The number of amides is 1. The maximum atomic E-state index is 12.6. The van der Waals surface area contributed by atoms with Gasteiger partial charge in [0, 0.05) is 6.20 Å². The van der Waals surface area contributed by atoms with Crippen LogP contribution in [-0.2, 0) is 10.2 Å². The number of nitrogens with one attached hydrogen (secondary N) is 1. The Morgan fingerprint density at radius 3 is 2.52 bits per heavy atom. The molecule has 21 heavy (non-hydrogen) atoms. The Hall–Kier alpha value is -2.20. The minimum absolute atomic E-state index is 0.118. The average molecular weight is 281 g/mol. The standard InChI is InChI=1S/C17H19N3O/c18-16(21)17(14-9-11-19-12-14,13-6-2-1-3-7-13)15-8-4-5-10-20-15/h1-8,10,14,19H,9,11-12H2,(H2,18,21)/t14?,17-/m1/s1. The Morgan fingerprint density at radius 2 is 1.95 bits per heavy atom. The number of nitrogens with two attached hydrogens (primary N) is 1. The molecule has 3 N–H and O–H groups in total. The zero-order valence-electron chi connectivity index (χ0n) is 11.8. The van der Waals surface area contributed by atoms with Gasteiger partial charge in [0.1, 0.15) is 5.41 Å². The van der Waals surface area contributed by atoms with Gasteiger partial charge in [-0.05, 0) is 43.1 Å². The van der Waals surface area contributed by atoms with Crippen LogP contribution in [0.2, 0.25) is 0 Å². The van der Waals surface area contributed by atoms with E-state index in [9.17, 15) is 4.79 Å². The number of carbonyl (C=O) groups excluding carboxylic acids is 1. The quantitative estimate of drug-likeness (QED) is 0.891. The Morgan fingerprint density at radius 1 is 1.19 bits per heavy atom. The molecule has 1 aliphatic heterocycles. The summed E-state index contributed by atoms with van der Waals surface area (Å²) in [6.45, 7) is 1.67. The molecule has 1 aliphatic rings. The highest BCUT2D eigenvalue weighted by Gasteiger charge is 2.49. The van der Waals surface area contributed by atoms with E-state index in [1.54, 1.807) is 6.20 Å². The van der Waals surface area contributed by atoms with Gasteiger partial charge in [-0.2, -0.15) is 0 Å². The third-order valence-corrected chi connectivity index (χ3v) is 4.36. The van der Waals surface area contributed by atoms with Crippen molar-refractivity contribution in [2.75, 3.05) is 13.1 Å². The van der Waals surface area contributed by atoms with Crippen LogP contribution in [0.5, 0.6) is 0 Å². The van der Waals surface area contributed by atoms with Crippen LogP contribution in [0.15, 0.2) is 54.7 Å². The van der Waals surface area contributed by atoms with Crippen LogP contribution in [0.4, 0.5) is 0 Å². The highest BCUT2D eigenvalue weighted by Crippen LogP contribution is 2.40. The summed E-state index contributed by atoms with van der Waals surface area (Å²) < 4.78 is 0. The molecule has 1 amide bonds. The van der Waals surface area contributed by atoms with E-state index in [4.69, 9.17) is 5.73 Å². The molecule has 0 bridgehead atoms.